The number of thiol groups is 1. The predicted octanol–water partition coefficient (Wildman–Crippen LogP) is 2.65. The molecule has 19 heavy (non-hydrogen) atoms. The first-order valence-electron chi connectivity index (χ1n) is 6.96. The van der Waals surface area contributed by atoms with Gasteiger partial charge in [0.25, 0.3) is 0 Å². The first-order chi connectivity index (χ1) is 8.89. The first-order valence-corrected chi connectivity index (χ1v) is 7.59. The van der Waals surface area contributed by atoms with Gasteiger partial charge in [-0.3, -0.25) is 0 Å². The van der Waals surface area contributed by atoms with Crippen LogP contribution in [0.4, 0.5) is 4.39 Å². The van der Waals surface area contributed by atoms with Gasteiger partial charge in [0.15, 0.2) is 0 Å². The number of imidazole rings is 1. The van der Waals surface area contributed by atoms with Crippen molar-refractivity contribution in [3.8, 4) is 0 Å². The summed E-state index contributed by atoms with van der Waals surface area (Å²) < 4.78 is 15.8. The molecule has 0 aromatic carbocycles. The number of hydrogen-bond donors (Lipinski definition) is 2. The average molecular weight is 284 g/mol. The Kier molecular flexibility index (Phi) is 2.98. The van der Waals surface area contributed by atoms with E-state index in [2.05, 4.69) is 22.2 Å². The summed E-state index contributed by atoms with van der Waals surface area (Å²) in [4.78, 5) is 4.56. The molecule has 106 valence electrons. The van der Waals surface area contributed by atoms with Gasteiger partial charge in [0.2, 0.25) is 0 Å². The maximum absolute atomic E-state index is 13.7. The highest BCUT2D eigenvalue weighted by molar-refractivity contribution is 7.80. The summed E-state index contributed by atoms with van der Waals surface area (Å²) in [5, 5.41) is 10.3. The molecule has 1 aromatic heterocycles. The number of aryl methyl sites for hydroxylation is 1. The molecule has 3 aliphatic rings. The van der Waals surface area contributed by atoms with Crippen molar-refractivity contribution in [1.29, 1.82) is 0 Å². The molecule has 2 bridgehead atoms. The van der Waals surface area contributed by atoms with E-state index in [0.717, 1.165) is 17.9 Å². The molecule has 1 atom stereocenters. The lowest BCUT2D eigenvalue weighted by Gasteiger charge is -2.66. The van der Waals surface area contributed by atoms with Gasteiger partial charge >= 0.3 is 0 Å². The number of rotatable bonds is 5. The molecule has 3 aliphatic carbocycles. The molecule has 1 aromatic rings. The van der Waals surface area contributed by atoms with Crippen molar-refractivity contribution in [2.24, 2.45) is 5.92 Å². The van der Waals surface area contributed by atoms with Crippen molar-refractivity contribution < 1.29 is 9.50 Å². The fourth-order valence-corrected chi connectivity index (χ4v) is 3.67. The van der Waals surface area contributed by atoms with Gasteiger partial charge in [-0.25, -0.2) is 9.37 Å². The largest absolute Gasteiger partial charge is 0.385 e. The van der Waals surface area contributed by atoms with Crippen LogP contribution < -0.4 is 0 Å². The van der Waals surface area contributed by atoms with E-state index in [0.29, 0.717) is 25.1 Å². The Morgan fingerprint density at radius 2 is 2.11 bits per heavy atom. The zero-order chi connectivity index (χ0) is 13.8. The smallest absolute Gasteiger partial charge is 0.138 e. The van der Waals surface area contributed by atoms with E-state index in [9.17, 15) is 9.50 Å². The fourth-order valence-electron chi connectivity index (χ4n) is 3.44. The van der Waals surface area contributed by atoms with Crippen molar-refractivity contribution in [1.82, 2.24) is 9.55 Å². The monoisotopic (exact) mass is 284 g/mol. The van der Waals surface area contributed by atoms with Crippen LogP contribution in [-0.4, -0.2) is 26.1 Å². The second kappa shape index (κ2) is 4.22. The van der Waals surface area contributed by atoms with Gasteiger partial charge in [0, 0.05) is 31.9 Å². The number of aliphatic hydroxyl groups excluding tert-OH is 1. The first kappa shape index (κ1) is 13.4. The number of halogens is 1. The zero-order valence-electron chi connectivity index (χ0n) is 11.4. The lowest BCUT2D eigenvalue weighted by atomic mass is 9.47. The Bertz CT molecular complexity index is 480. The minimum Gasteiger partial charge on any atom is -0.385 e. The summed E-state index contributed by atoms with van der Waals surface area (Å²) in [6.07, 6.45) is 3.93. The van der Waals surface area contributed by atoms with E-state index in [1.165, 1.54) is 0 Å². The molecule has 1 unspecified atom stereocenters. The van der Waals surface area contributed by atoms with Gasteiger partial charge in [0.05, 0.1) is 11.2 Å². The van der Waals surface area contributed by atoms with Crippen LogP contribution in [0.25, 0.3) is 0 Å². The molecule has 0 amide bonds. The maximum Gasteiger partial charge on any atom is 0.138 e. The third kappa shape index (κ3) is 1.93. The maximum atomic E-state index is 13.7. The van der Waals surface area contributed by atoms with Crippen molar-refractivity contribution in [3.63, 3.8) is 0 Å². The number of hydrogen-bond acceptors (Lipinski definition) is 3. The normalized spacial score (nSPS) is 34.0. The van der Waals surface area contributed by atoms with Crippen LogP contribution >= 0.6 is 12.6 Å². The zero-order valence-corrected chi connectivity index (χ0v) is 12.3. The van der Waals surface area contributed by atoms with Crippen LogP contribution in [-0.2, 0) is 12.0 Å². The number of alkyl halides is 1. The standard InChI is InChI=1S/C14H21FN2OS/c1-9(2)11(18)12-16-10(3-4-19)5-17(12)14-6-13(15,7-14)8-14/h5,9,11,18-19H,3-4,6-8H2,1-2H3. The van der Waals surface area contributed by atoms with Crippen LogP contribution in [0.1, 0.15) is 50.7 Å². The lowest BCUT2D eigenvalue weighted by Crippen LogP contribution is -2.70. The minimum atomic E-state index is -0.936. The molecule has 3 nitrogen and oxygen atoms in total. The molecular weight excluding hydrogens is 263 g/mol. The number of aliphatic hydroxyl groups is 1. The molecule has 0 spiro atoms. The second-order valence-corrected chi connectivity index (χ2v) is 6.98. The van der Waals surface area contributed by atoms with E-state index in [4.69, 9.17) is 0 Å². The summed E-state index contributed by atoms with van der Waals surface area (Å²) >= 11 is 4.23. The Hall–Kier alpha value is -0.550. The topological polar surface area (TPSA) is 38.1 Å². The number of nitrogens with zero attached hydrogens (tertiary/aromatic N) is 2. The Balaban J connectivity index is 1.93. The third-order valence-corrected chi connectivity index (χ3v) is 4.72. The van der Waals surface area contributed by atoms with Gasteiger partial charge in [-0.15, -0.1) is 0 Å². The van der Waals surface area contributed by atoms with Crippen LogP contribution in [0.5, 0.6) is 0 Å². The molecule has 1 N–H and O–H groups in total. The number of aromatic nitrogens is 2. The van der Waals surface area contributed by atoms with E-state index in [-0.39, 0.29) is 11.5 Å². The molecule has 0 aliphatic heterocycles. The minimum absolute atomic E-state index is 0.108. The van der Waals surface area contributed by atoms with Crippen LogP contribution in [0, 0.1) is 5.92 Å². The summed E-state index contributed by atoms with van der Waals surface area (Å²) in [5.74, 6) is 1.54. The van der Waals surface area contributed by atoms with Gasteiger partial charge < -0.3 is 9.67 Å². The lowest BCUT2D eigenvalue weighted by molar-refractivity contribution is -0.200. The van der Waals surface area contributed by atoms with Gasteiger partial charge in [-0.1, -0.05) is 13.8 Å². The average Bonchev–Trinajstić information content (AvgIpc) is 2.66. The molecule has 5 heteroatoms. The molecule has 0 saturated heterocycles. The van der Waals surface area contributed by atoms with Crippen LogP contribution in [0.3, 0.4) is 0 Å². The molecule has 4 rings (SSSR count). The third-order valence-electron chi connectivity index (χ3n) is 4.50. The van der Waals surface area contributed by atoms with E-state index >= 15 is 0 Å². The van der Waals surface area contributed by atoms with E-state index in [1.54, 1.807) is 0 Å². The van der Waals surface area contributed by atoms with Gasteiger partial charge in [-0.2, -0.15) is 12.6 Å². The summed E-state index contributed by atoms with van der Waals surface area (Å²) in [6.45, 7) is 3.95. The van der Waals surface area contributed by atoms with Crippen molar-refractivity contribution in [3.05, 3.63) is 17.7 Å². The Labute approximate surface area is 118 Å². The van der Waals surface area contributed by atoms with Gasteiger partial charge in [-0.05, 0) is 11.7 Å². The quantitative estimate of drug-likeness (QED) is 0.816. The second-order valence-electron chi connectivity index (χ2n) is 6.53. The summed E-state index contributed by atoms with van der Waals surface area (Å²) in [7, 11) is 0. The fraction of sp³-hybridized carbons (Fsp3) is 0.786. The SMILES string of the molecule is CC(C)C(O)c1nc(CCS)cn1C12CC(F)(C1)C2. The van der Waals surface area contributed by atoms with Crippen LogP contribution in [0.15, 0.2) is 6.20 Å². The molecule has 3 saturated carbocycles. The van der Waals surface area contributed by atoms with Crippen molar-refractivity contribution in [2.75, 3.05) is 5.75 Å². The Morgan fingerprint density at radius 1 is 1.47 bits per heavy atom. The van der Waals surface area contributed by atoms with Crippen molar-refractivity contribution in [2.45, 2.75) is 56.8 Å². The van der Waals surface area contributed by atoms with E-state index < -0.39 is 11.8 Å². The Morgan fingerprint density at radius 3 is 2.58 bits per heavy atom. The summed E-state index contributed by atoms with van der Waals surface area (Å²) in [5.41, 5.74) is -0.0992. The highest BCUT2D eigenvalue weighted by atomic mass is 32.1. The predicted molar refractivity (Wildman–Crippen MR) is 75.2 cm³/mol. The molecular formula is C14H21FN2OS. The highest BCUT2D eigenvalue weighted by Gasteiger charge is 2.70. The molecule has 0 radical (unpaired) electrons. The van der Waals surface area contributed by atoms with E-state index in [1.807, 2.05) is 20.0 Å². The van der Waals surface area contributed by atoms with Crippen LogP contribution in [0.2, 0.25) is 0 Å². The summed E-state index contributed by atoms with van der Waals surface area (Å²) in [6, 6.07) is 0. The molecule has 3 fully saturated rings. The van der Waals surface area contributed by atoms with Gasteiger partial charge in [0.1, 0.15) is 17.6 Å². The molecule has 1 heterocycles. The van der Waals surface area contributed by atoms with Crippen molar-refractivity contribution >= 4 is 12.6 Å². The highest BCUT2D eigenvalue weighted by Crippen LogP contribution is 2.68.